The minimum atomic E-state index is -1.19. The maximum absolute atomic E-state index is 13.0. The minimum absolute atomic E-state index is 0.229. The summed E-state index contributed by atoms with van der Waals surface area (Å²) in [5.74, 6) is 0.577. The van der Waals surface area contributed by atoms with E-state index in [-0.39, 0.29) is 23.3 Å². The van der Waals surface area contributed by atoms with Gasteiger partial charge in [-0.15, -0.1) is 0 Å². The van der Waals surface area contributed by atoms with Crippen molar-refractivity contribution in [2.24, 2.45) is 4.99 Å². The number of nitrogens with two attached hydrogens (primary N) is 1. The van der Waals surface area contributed by atoms with E-state index < -0.39 is 17.4 Å². The van der Waals surface area contributed by atoms with Crippen molar-refractivity contribution in [2.75, 3.05) is 18.9 Å². The predicted octanol–water partition coefficient (Wildman–Crippen LogP) is 4.62. The van der Waals surface area contributed by atoms with Gasteiger partial charge in [0.15, 0.2) is 11.5 Å². The van der Waals surface area contributed by atoms with Crippen molar-refractivity contribution >= 4 is 23.3 Å². The molecule has 38 heavy (non-hydrogen) atoms. The summed E-state index contributed by atoms with van der Waals surface area (Å²) >= 11 is 0. The lowest BCUT2D eigenvalue weighted by Gasteiger charge is -2.31. The number of carbonyl (C=O) groups is 2. The maximum Gasteiger partial charge on any atom is 0.331 e. The van der Waals surface area contributed by atoms with Crippen LogP contribution in [0.25, 0.3) is 0 Å². The number of fused-ring (bicyclic) bond motifs is 3. The average Bonchev–Trinajstić information content (AvgIpc) is 3.13. The molecule has 2 aliphatic rings. The highest BCUT2D eigenvalue weighted by Crippen LogP contribution is 2.48. The second-order valence-electron chi connectivity index (χ2n) is 11.7. The van der Waals surface area contributed by atoms with Crippen molar-refractivity contribution in [1.29, 1.82) is 0 Å². The van der Waals surface area contributed by atoms with Crippen LogP contribution in [0.3, 0.4) is 0 Å². The van der Waals surface area contributed by atoms with Gasteiger partial charge in [0.2, 0.25) is 0 Å². The number of nitrogens with one attached hydrogen (secondary N) is 1. The van der Waals surface area contributed by atoms with E-state index in [9.17, 15) is 9.59 Å². The first-order chi connectivity index (χ1) is 17.7. The molecule has 2 aromatic rings. The van der Waals surface area contributed by atoms with Gasteiger partial charge in [0.05, 0.1) is 30.0 Å². The molecule has 0 aliphatic carbocycles. The maximum atomic E-state index is 13.0. The van der Waals surface area contributed by atoms with Crippen LogP contribution in [-0.4, -0.2) is 47.5 Å². The Balaban J connectivity index is 1.76. The quantitative estimate of drug-likeness (QED) is 0.406. The van der Waals surface area contributed by atoms with Gasteiger partial charge in [-0.3, -0.25) is 9.79 Å². The van der Waals surface area contributed by atoms with Crippen molar-refractivity contribution in [3.8, 4) is 11.5 Å². The highest BCUT2D eigenvalue weighted by Gasteiger charge is 2.40. The SMILES string of the molecule is CCOC(=O)C(C)(C)NC(=O)c1ccc(C2=NC(C)(C)Cc3cc(OCC)c4c(c32)CC(C)(C)O4)cc1N. The number of ether oxygens (including phenoxy) is 3. The molecule has 8 heteroatoms. The lowest BCUT2D eigenvalue weighted by molar-refractivity contribution is -0.149. The fourth-order valence-electron chi connectivity index (χ4n) is 5.17. The zero-order valence-corrected chi connectivity index (χ0v) is 23.7. The molecule has 2 heterocycles. The number of hydrogen-bond acceptors (Lipinski definition) is 7. The molecule has 0 radical (unpaired) electrons. The van der Waals surface area contributed by atoms with Gasteiger partial charge in [-0.2, -0.15) is 0 Å². The van der Waals surface area contributed by atoms with Gasteiger partial charge in [-0.1, -0.05) is 6.07 Å². The summed E-state index contributed by atoms with van der Waals surface area (Å²) in [6.07, 6.45) is 1.49. The number of hydrogen-bond donors (Lipinski definition) is 2. The highest BCUT2D eigenvalue weighted by molar-refractivity contribution is 6.17. The van der Waals surface area contributed by atoms with Gasteiger partial charge >= 0.3 is 5.97 Å². The number of amides is 1. The van der Waals surface area contributed by atoms with E-state index in [2.05, 4.69) is 39.1 Å². The molecule has 0 atom stereocenters. The molecule has 0 saturated carbocycles. The number of nitrogen functional groups attached to an aromatic ring is 1. The number of anilines is 1. The summed E-state index contributed by atoms with van der Waals surface area (Å²) in [7, 11) is 0. The van der Waals surface area contributed by atoms with Crippen molar-refractivity contribution < 1.29 is 23.8 Å². The monoisotopic (exact) mass is 521 g/mol. The largest absolute Gasteiger partial charge is 0.490 e. The molecule has 2 aliphatic heterocycles. The number of carbonyl (C=O) groups excluding carboxylic acids is 2. The molecule has 8 nitrogen and oxygen atoms in total. The van der Waals surface area contributed by atoms with Gasteiger partial charge in [0, 0.05) is 28.8 Å². The Morgan fingerprint density at radius 3 is 2.45 bits per heavy atom. The Morgan fingerprint density at radius 2 is 1.82 bits per heavy atom. The third-order valence-corrected chi connectivity index (χ3v) is 6.76. The Labute approximate surface area is 224 Å². The van der Waals surface area contributed by atoms with Gasteiger partial charge < -0.3 is 25.3 Å². The second-order valence-corrected chi connectivity index (χ2v) is 11.7. The molecule has 0 spiro atoms. The van der Waals surface area contributed by atoms with E-state index >= 15 is 0 Å². The van der Waals surface area contributed by atoms with Crippen molar-refractivity contribution in [3.05, 3.63) is 52.1 Å². The first-order valence-electron chi connectivity index (χ1n) is 13.2. The van der Waals surface area contributed by atoms with Crippen LogP contribution in [0.15, 0.2) is 29.3 Å². The average molecular weight is 522 g/mol. The van der Waals surface area contributed by atoms with E-state index in [1.54, 1.807) is 32.9 Å². The molecular formula is C30H39N3O5. The molecule has 0 aromatic heterocycles. The Morgan fingerprint density at radius 1 is 1.11 bits per heavy atom. The zero-order chi connectivity index (χ0) is 28.0. The van der Waals surface area contributed by atoms with Crippen LogP contribution in [-0.2, 0) is 22.4 Å². The fourth-order valence-corrected chi connectivity index (χ4v) is 5.17. The van der Waals surface area contributed by atoms with Gasteiger partial charge in [-0.05, 0) is 85.6 Å². The van der Waals surface area contributed by atoms with E-state index in [1.807, 2.05) is 13.0 Å². The van der Waals surface area contributed by atoms with Crippen LogP contribution in [0.5, 0.6) is 11.5 Å². The number of nitrogens with zero attached hydrogens (tertiary/aromatic N) is 1. The number of esters is 1. The van der Waals surface area contributed by atoms with E-state index in [0.717, 1.165) is 52.3 Å². The molecule has 1 amide bonds. The van der Waals surface area contributed by atoms with Crippen LogP contribution < -0.4 is 20.5 Å². The first-order valence-corrected chi connectivity index (χ1v) is 13.2. The normalized spacial score (nSPS) is 17.0. The molecule has 204 valence electrons. The molecular weight excluding hydrogens is 482 g/mol. The lowest BCUT2D eigenvalue weighted by Crippen LogP contribution is -2.50. The standard InChI is InChI=1S/C30H39N3O5/c1-9-36-22-14-18-15-28(3,4)32-24(23(18)20-16-29(5,6)38-25(20)22)17-11-12-19(21(31)13-17)26(34)33-30(7,8)27(35)37-10-2/h11-14H,9-10,15-16,31H2,1-8H3,(H,33,34). The Hall–Kier alpha value is -3.55. The topological polar surface area (TPSA) is 112 Å². The minimum Gasteiger partial charge on any atom is -0.490 e. The van der Waals surface area contributed by atoms with E-state index in [1.165, 1.54) is 0 Å². The van der Waals surface area contributed by atoms with Crippen LogP contribution in [0.4, 0.5) is 5.69 Å². The molecule has 0 bridgehead atoms. The summed E-state index contributed by atoms with van der Waals surface area (Å²) in [6, 6.07) is 7.40. The van der Waals surface area contributed by atoms with Crippen molar-refractivity contribution in [1.82, 2.24) is 5.32 Å². The van der Waals surface area contributed by atoms with E-state index in [4.69, 9.17) is 24.9 Å². The van der Waals surface area contributed by atoms with E-state index in [0.29, 0.717) is 12.3 Å². The summed E-state index contributed by atoms with van der Waals surface area (Å²) in [5.41, 5.74) is 10.0. The van der Waals surface area contributed by atoms with Gasteiger partial charge in [0.1, 0.15) is 11.1 Å². The summed E-state index contributed by atoms with van der Waals surface area (Å²) in [4.78, 5) is 30.4. The second kappa shape index (κ2) is 9.64. The number of benzene rings is 2. The molecule has 3 N–H and O–H groups in total. The third-order valence-electron chi connectivity index (χ3n) is 6.76. The highest BCUT2D eigenvalue weighted by atomic mass is 16.5. The number of rotatable bonds is 7. The van der Waals surface area contributed by atoms with Gasteiger partial charge in [0.25, 0.3) is 5.91 Å². The molecule has 4 rings (SSSR count). The Bertz CT molecular complexity index is 1320. The smallest absolute Gasteiger partial charge is 0.331 e. The van der Waals surface area contributed by atoms with Crippen LogP contribution in [0, 0.1) is 0 Å². The van der Waals surface area contributed by atoms with Gasteiger partial charge in [-0.25, -0.2) is 4.79 Å². The zero-order valence-electron chi connectivity index (χ0n) is 23.7. The van der Waals surface area contributed by atoms with Crippen molar-refractivity contribution in [2.45, 2.75) is 84.9 Å². The molecule has 0 fully saturated rings. The summed E-state index contributed by atoms with van der Waals surface area (Å²) in [5, 5.41) is 2.73. The first kappa shape index (κ1) is 27.5. The predicted molar refractivity (Wildman–Crippen MR) is 148 cm³/mol. The van der Waals surface area contributed by atoms with Crippen LogP contribution in [0.2, 0.25) is 0 Å². The molecule has 2 aromatic carbocycles. The number of aliphatic imine (C=N–C) groups is 1. The Kier molecular flexibility index (Phi) is 6.97. The third kappa shape index (κ3) is 5.22. The van der Waals surface area contributed by atoms with Crippen LogP contribution >= 0.6 is 0 Å². The molecule has 0 saturated heterocycles. The van der Waals surface area contributed by atoms with Crippen LogP contribution in [0.1, 0.15) is 88.0 Å². The summed E-state index contributed by atoms with van der Waals surface area (Å²) in [6.45, 7) is 16.0. The fraction of sp³-hybridized carbons (Fsp3) is 0.500. The van der Waals surface area contributed by atoms with Crippen molar-refractivity contribution in [3.63, 3.8) is 0 Å². The lowest BCUT2D eigenvalue weighted by atomic mass is 9.80. The summed E-state index contributed by atoms with van der Waals surface area (Å²) < 4.78 is 17.4. The molecule has 0 unspecified atom stereocenters.